The third-order valence-electron chi connectivity index (χ3n) is 2.40. The summed E-state index contributed by atoms with van der Waals surface area (Å²) < 4.78 is 4.83. The molecule has 0 bridgehead atoms. The van der Waals surface area contributed by atoms with E-state index in [-0.39, 0.29) is 5.56 Å². The minimum atomic E-state index is -0.207. The molecule has 0 atom stereocenters. The van der Waals surface area contributed by atoms with Gasteiger partial charge in [-0.2, -0.15) is 4.37 Å². The zero-order valence-electron chi connectivity index (χ0n) is 9.88. The van der Waals surface area contributed by atoms with Crippen molar-refractivity contribution in [1.82, 2.24) is 19.3 Å². The van der Waals surface area contributed by atoms with Gasteiger partial charge in [0.1, 0.15) is 5.82 Å². The van der Waals surface area contributed by atoms with E-state index in [2.05, 4.69) is 19.3 Å². The van der Waals surface area contributed by atoms with Crippen molar-refractivity contribution >= 4 is 39.9 Å². The molecule has 0 radical (unpaired) electrons. The molecule has 0 spiro atoms. The van der Waals surface area contributed by atoms with E-state index in [0.717, 1.165) is 4.34 Å². The lowest BCUT2D eigenvalue weighted by Gasteiger charge is -2.01. The highest BCUT2D eigenvalue weighted by molar-refractivity contribution is 8.00. The van der Waals surface area contributed by atoms with Gasteiger partial charge in [0, 0.05) is 5.69 Å². The van der Waals surface area contributed by atoms with Gasteiger partial charge in [-0.05, 0) is 48.4 Å². The normalized spacial score (nSPS) is 11.0. The predicted molar refractivity (Wildman–Crippen MR) is 75.5 cm³/mol. The van der Waals surface area contributed by atoms with Crippen LogP contribution in [0, 0.1) is 6.92 Å². The molecule has 3 N–H and O–H groups in total. The summed E-state index contributed by atoms with van der Waals surface area (Å²) >= 11 is 2.57. The number of anilines is 1. The van der Waals surface area contributed by atoms with Crippen LogP contribution in [0.15, 0.2) is 32.5 Å². The van der Waals surface area contributed by atoms with E-state index in [1.807, 2.05) is 6.92 Å². The Kier molecular flexibility index (Phi) is 2.96. The van der Waals surface area contributed by atoms with E-state index in [1.54, 1.807) is 18.2 Å². The molecule has 1 aromatic carbocycles. The van der Waals surface area contributed by atoms with E-state index in [1.165, 1.54) is 23.3 Å². The summed E-state index contributed by atoms with van der Waals surface area (Å²) in [7, 11) is 0. The summed E-state index contributed by atoms with van der Waals surface area (Å²) in [4.78, 5) is 23.3. The number of nitrogens with zero attached hydrogens (tertiary/aromatic N) is 3. The Bertz CT molecular complexity index is 810. The number of nitrogen functional groups attached to an aromatic ring is 1. The number of nitrogens with one attached hydrogen (secondary N) is 1. The highest BCUT2D eigenvalue weighted by Crippen LogP contribution is 2.26. The van der Waals surface area contributed by atoms with Crippen molar-refractivity contribution in [1.29, 1.82) is 0 Å². The summed E-state index contributed by atoms with van der Waals surface area (Å²) in [6.45, 7) is 1.82. The van der Waals surface area contributed by atoms with Crippen LogP contribution < -0.4 is 11.3 Å². The molecular formula is C11H9N5OS2. The number of H-pyrrole nitrogens is 1. The van der Waals surface area contributed by atoms with Crippen molar-refractivity contribution in [2.45, 2.75) is 16.4 Å². The molecule has 3 rings (SSSR count). The standard InChI is InChI=1S/C11H9N5OS2/c1-5-13-11(19-16-5)18-10-14-8-3-2-6(12)4-7(8)9(17)15-10/h2-4H,12H2,1H3,(H,14,15,17). The molecule has 2 heterocycles. The first-order chi connectivity index (χ1) is 9.11. The zero-order chi connectivity index (χ0) is 13.4. The number of benzene rings is 1. The molecule has 0 aliphatic rings. The number of aryl methyl sites for hydroxylation is 1. The summed E-state index contributed by atoms with van der Waals surface area (Å²) in [6, 6.07) is 5.07. The lowest BCUT2D eigenvalue weighted by Crippen LogP contribution is -2.09. The Morgan fingerprint density at radius 1 is 1.37 bits per heavy atom. The Morgan fingerprint density at radius 2 is 2.21 bits per heavy atom. The molecule has 0 saturated carbocycles. The Balaban J connectivity index is 2.06. The maximum Gasteiger partial charge on any atom is 0.259 e. The Hall–Kier alpha value is -1.93. The monoisotopic (exact) mass is 291 g/mol. The number of hydrogen-bond acceptors (Lipinski definition) is 7. The van der Waals surface area contributed by atoms with Crippen molar-refractivity contribution in [3.05, 3.63) is 34.4 Å². The molecule has 96 valence electrons. The van der Waals surface area contributed by atoms with Crippen LogP contribution in [-0.2, 0) is 0 Å². The van der Waals surface area contributed by atoms with E-state index < -0.39 is 0 Å². The minimum Gasteiger partial charge on any atom is -0.399 e. The Labute approximate surface area is 116 Å². The van der Waals surface area contributed by atoms with Gasteiger partial charge >= 0.3 is 0 Å². The molecule has 0 aliphatic heterocycles. The van der Waals surface area contributed by atoms with Crippen LogP contribution in [0.5, 0.6) is 0 Å². The van der Waals surface area contributed by atoms with E-state index in [4.69, 9.17) is 5.73 Å². The van der Waals surface area contributed by atoms with Gasteiger partial charge in [-0.3, -0.25) is 4.79 Å². The van der Waals surface area contributed by atoms with Crippen LogP contribution in [0.3, 0.4) is 0 Å². The van der Waals surface area contributed by atoms with Gasteiger partial charge in [0.2, 0.25) is 0 Å². The molecule has 6 nitrogen and oxygen atoms in total. The predicted octanol–water partition coefficient (Wildman–Crippen LogP) is 1.82. The fourth-order valence-corrected chi connectivity index (χ4v) is 3.14. The fraction of sp³-hybridized carbons (Fsp3) is 0.0909. The first kappa shape index (κ1) is 12.1. The highest BCUT2D eigenvalue weighted by Gasteiger charge is 2.08. The number of aromatic amines is 1. The van der Waals surface area contributed by atoms with Gasteiger partial charge in [-0.1, -0.05) is 0 Å². The second-order valence-electron chi connectivity index (χ2n) is 3.86. The second kappa shape index (κ2) is 4.63. The fourth-order valence-electron chi connectivity index (χ4n) is 1.59. The quantitative estimate of drug-likeness (QED) is 0.552. The molecule has 0 aliphatic carbocycles. The molecule has 0 amide bonds. The van der Waals surface area contributed by atoms with Crippen LogP contribution in [-0.4, -0.2) is 19.3 Å². The zero-order valence-corrected chi connectivity index (χ0v) is 11.5. The number of rotatable bonds is 2. The molecule has 2 aromatic heterocycles. The van der Waals surface area contributed by atoms with Crippen molar-refractivity contribution < 1.29 is 0 Å². The summed E-state index contributed by atoms with van der Waals surface area (Å²) in [5, 5.41) is 0.983. The van der Waals surface area contributed by atoms with Crippen molar-refractivity contribution in [3.63, 3.8) is 0 Å². The lowest BCUT2D eigenvalue weighted by atomic mass is 10.2. The summed E-state index contributed by atoms with van der Waals surface area (Å²) in [6.07, 6.45) is 0. The van der Waals surface area contributed by atoms with Gasteiger partial charge in [0.25, 0.3) is 5.56 Å². The number of aromatic nitrogens is 4. The third-order valence-corrected chi connectivity index (χ3v) is 4.13. The van der Waals surface area contributed by atoms with Crippen LogP contribution >= 0.6 is 23.3 Å². The van der Waals surface area contributed by atoms with Crippen molar-refractivity contribution in [2.75, 3.05) is 5.73 Å². The maximum absolute atomic E-state index is 12.0. The average molecular weight is 291 g/mol. The Morgan fingerprint density at radius 3 is 2.95 bits per heavy atom. The number of hydrogen-bond donors (Lipinski definition) is 2. The molecule has 19 heavy (non-hydrogen) atoms. The highest BCUT2D eigenvalue weighted by atomic mass is 32.2. The largest absolute Gasteiger partial charge is 0.399 e. The summed E-state index contributed by atoms with van der Waals surface area (Å²) in [5.41, 5.74) is 6.60. The third kappa shape index (κ3) is 2.45. The van der Waals surface area contributed by atoms with Crippen molar-refractivity contribution in [3.8, 4) is 0 Å². The first-order valence-electron chi connectivity index (χ1n) is 5.39. The number of nitrogens with two attached hydrogens (primary N) is 1. The summed E-state index contributed by atoms with van der Waals surface area (Å²) in [5.74, 6) is 0.711. The maximum atomic E-state index is 12.0. The van der Waals surface area contributed by atoms with E-state index in [9.17, 15) is 4.79 Å². The van der Waals surface area contributed by atoms with Crippen molar-refractivity contribution in [2.24, 2.45) is 0 Å². The SMILES string of the molecule is Cc1nsc(Sc2nc3ccc(N)cc3c(=O)[nH]2)n1. The van der Waals surface area contributed by atoms with Crippen LogP contribution in [0.2, 0.25) is 0 Å². The molecule has 8 heteroatoms. The van der Waals surface area contributed by atoms with Gasteiger partial charge in [-0.15, -0.1) is 0 Å². The van der Waals surface area contributed by atoms with E-state index >= 15 is 0 Å². The molecule has 3 aromatic rings. The van der Waals surface area contributed by atoms with Gasteiger partial charge in [0.15, 0.2) is 9.50 Å². The van der Waals surface area contributed by atoms with Gasteiger partial charge in [-0.25, -0.2) is 9.97 Å². The van der Waals surface area contributed by atoms with E-state index in [0.29, 0.717) is 27.6 Å². The first-order valence-corrected chi connectivity index (χ1v) is 6.98. The van der Waals surface area contributed by atoms with Gasteiger partial charge in [0.05, 0.1) is 10.9 Å². The minimum absolute atomic E-state index is 0.207. The topological polar surface area (TPSA) is 97.5 Å². The second-order valence-corrected chi connectivity index (χ2v) is 5.85. The molecule has 0 saturated heterocycles. The molecular weight excluding hydrogens is 282 g/mol. The lowest BCUT2D eigenvalue weighted by molar-refractivity contribution is 0.970. The number of fused-ring (bicyclic) bond motifs is 1. The molecule has 0 fully saturated rings. The van der Waals surface area contributed by atoms with Crippen LogP contribution in [0.1, 0.15) is 5.82 Å². The smallest absolute Gasteiger partial charge is 0.259 e. The van der Waals surface area contributed by atoms with Crippen LogP contribution in [0.4, 0.5) is 5.69 Å². The average Bonchev–Trinajstić information content (AvgIpc) is 2.76. The van der Waals surface area contributed by atoms with Gasteiger partial charge < -0.3 is 10.7 Å². The molecule has 0 unspecified atom stereocenters. The van der Waals surface area contributed by atoms with Crippen LogP contribution in [0.25, 0.3) is 10.9 Å².